The van der Waals surface area contributed by atoms with Crippen molar-refractivity contribution in [1.82, 2.24) is 0 Å². The van der Waals surface area contributed by atoms with E-state index in [-0.39, 0.29) is 12.0 Å². The lowest BCUT2D eigenvalue weighted by molar-refractivity contribution is 0.0526. The Labute approximate surface area is 163 Å². The second-order valence-electron chi connectivity index (χ2n) is 5.95. The first-order valence-corrected chi connectivity index (χ1v) is 8.91. The topological polar surface area (TPSA) is 79.5 Å². The molecule has 0 aliphatic rings. The summed E-state index contributed by atoms with van der Waals surface area (Å²) in [4.78, 5) is 23.8. The minimum absolute atomic E-state index is 0.320. The van der Waals surface area contributed by atoms with E-state index in [0.29, 0.717) is 23.5 Å². The van der Waals surface area contributed by atoms with Gasteiger partial charge in [-0.2, -0.15) is 0 Å². The fourth-order valence-electron chi connectivity index (χ4n) is 2.52. The maximum atomic E-state index is 12.1. The second kappa shape index (κ2) is 9.23. The Kier molecular flexibility index (Phi) is 6.25. The number of nitrogens with one attached hydrogen (secondary N) is 3. The first kappa shape index (κ1) is 19.0. The molecule has 0 saturated carbocycles. The number of carbonyl (C=O) groups excluding carboxylic acids is 2. The van der Waals surface area contributed by atoms with E-state index in [1.807, 2.05) is 54.6 Å². The summed E-state index contributed by atoms with van der Waals surface area (Å²) in [6, 6.07) is 23.4. The molecule has 0 radical (unpaired) electrons. The SMILES string of the molecule is CCOC(=O)c1ccc(NC(=O)Nc2ccc(Nc3ccccc3)cc2)cc1. The molecule has 0 aromatic heterocycles. The molecule has 2 amide bonds. The molecular formula is C22H21N3O3. The van der Waals surface area contributed by atoms with Gasteiger partial charge in [-0.25, -0.2) is 9.59 Å². The minimum Gasteiger partial charge on any atom is -0.462 e. The number of benzene rings is 3. The Balaban J connectivity index is 1.54. The second-order valence-corrected chi connectivity index (χ2v) is 5.95. The van der Waals surface area contributed by atoms with E-state index in [4.69, 9.17) is 4.74 Å². The number of para-hydroxylation sites is 1. The van der Waals surface area contributed by atoms with Crippen LogP contribution in [0.2, 0.25) is 0 Å². The summed E-state index contributed by atoms with van der Waals surface area (Å²) in [7, 11) is 0. The van der Waals surface area contributed by atoms with Crippen molar-refractivity contribution in [2.75, 3.05) is 22.6 Å². The smallest absolute Gasteiger partial charge is 0.338 e. The third kappa shape index (κ3) is 5.35. The summed E-state index contributed by atoms with van der Waals surface area (Å²) in [6.45, 7) is 2.07. The molecule has 0 aliphatic carbocycles. The third-order valence-electron chi connectivity index (χ3n) is 3.86. The monoisotopic (exact) mass is 375 g/mol. The van der Waals surface area contributed by atoms with Crippen molar-refractivity contribution in [2.24, 2.45) is 0 Å². The zero-order valence-electron chi connectivity index (χ0n) is 15.4. The standard InChI is InChI=1S/C22H21N3O3/c1-2-28-21(26)16-8-10-19(11-9-16)24-22(27)25-20-14-12-18(13-15-20)23-17-6-4-3-5-7-17/h3-15,23H,2H2,1H3,(H2,24,25,27). The highest BCUT2D eigenvalue weighted by Gasteiger charge is 2.07. The van der Waals surface area contributed by atoms with E-state index in [9.17, 15) is 9.59 Å². The van der Waals surface area contributed by atoms with Gasteiger partial charge in [0.15, 0.2) is 0 Å². The Morgan fingerprint density at radius 2 is 1.21 bits per heavy atom. The van der Waals surface area contributed by atoms with Crippen molar-refractivity contribution in [2.45, 2.75) is 6.92 Å². The van der Waals surface area contributed by atoms with Crippen LogP contribution in [0.3, 0.4) is 0 Å². The molecule has 0 spiro atoms. The highest BCUT2D eigenvalue weighted by atomic mass is 16.5. The van der Waals surface area contributed by atoms with Crippen molar-refractivity contribution in [3.63, 3.8) is 0 Å². The van der Waals surface area contributed by atoms with Gasteiger partial charge in [0.05, 0.1) is 12.2 Å². The van der Waals surface area contributed by atoms with Crippen LogP contribution < -0.4 is 16.0 Å². The molecule has 142 valence electrons. The maximum absolute atomic E-state index is 12.1. The van der Waals surface area contributed by atoms with E-state index in [1.165, 1.54) is 0 Å². The van der Waals surface area contributed by atoms with E-state index in [0.717, 1.165) is 11.4 Å². The van der Waals surface area contributed by atoms with Crippen LogP contribution in [0.25, 0.3) is 0 Å². The Hall–Kier alpha value is -3.80. The van der Waals surface area contributed by atoms with Gasteiger partial charge in [0.25, 0.3) is 0 Å². The molecule has 0 atom stereocenters. The molecule has 0 bridgehead atoms. The summed E-state index contributed by atoms with van der Waals surface area (Å²) in [6.07, 6.45) is 0. The fourth-order valence-corrected chi connectivity index (χ4v) is 2.52. The van der Waals surface area contributed by atoms with Gasteiger partial charge in [-0.3, -0.25) is 0 Å². The van der Waals surface area contributed by atoms with Crippen molar-refractivity contribution in [3.8, 4) is 0 Å². The van der Waals surface area contributed by atoms with E-state index >= 15 is 0 Å². The molecule has 3 N–H and O–H groups in total. The van der Waals surface area contributed by atoms with Crippen molar-refractivity contribution < 1.29 is 14.3 Å². The third-order valence-corrected chi connectivity index (χ3v) is 3.86. The molecule has 3 aromatic carbocycles. The number of hydrogen-bond donors (Lipinski definition) is 3. The first-order valence-electron chi connectivity index (χ1n) is 8.91. The van der Waals surface area contributed by atoms with Gasteiger partial charge in [-0.05, 0) is 67.6 Å². The molecule has 0 saturated heterocycles. The van der Waals surface area contributed by atoms with Gasteiger partial charge >= 0.3 is 12.0 Å². The predicted octanol–water partition coefficient (Wildman–Crippen LogP) is 5.25. The lowest BCUT2D eigenvalue weighted by Gasteiger charge is -2.10. The van der Waals surface area contributed by atoms with Crippen LogP contribution in [0.1, 0.15) is 17.3 Å². The summed E-state index contributed by atoms with van der Waals surface area (Å²) >= 11 is 0. The molecule has 0 fully saturated rings. The van der Waals surface area contributed by atoms with Crippen LogP contribution in [0.4, 0.5) is 27.5 Å². The number of carbonyl (C=O) groups is 2. The summed E-state index contributed by atoms with van der Waals surface area (Å²) in [5, 5.41) is 8.78. The van der Waals surface area contributed by atoms with Crippen LogP contribution in [0.15, 0.2) is 78.9 Å². The molecule has 6 heteroatoms. The number of anilines is 4. The molecular weight excluding hydrogens is 354 g/mol. The van der Waals surface area contributed by atoms with Gasteiger partial charge in [0.1, 0.15) is 0 Å². The molecule has 0 unspecified atom stereocenters. The molecule has 3 aromatic rings. The van der Waals surface area contributed by atoms with E-state index < -0.39 is 0 Å². The molecule has 0 aliphatic heterocycles. The van der Waals surface area contributed by atoms with Gasteiger partial charge in [0.2, 0.25) is 0 Å². The first-order chi connectivity index (χ1) is 13.6. The largest absolute Gasteiger partial charge is 0.462 e. The van der Waals surface area contributed by atoms with Gasteiger partial charge in [0, 0.05) is 22.7 Å². The number of urea groups is 1. The quantitative estimate of drug-likeness (QED) is 0.514. The molecule has 0 heterocycles. The van der Waals surface area contributed by atoms with E-state index in [2.05, 4.69) is 16.0 Å². The Morgan fingerprint density at radius 3 is 1.79 bits per heavy atom. The van der Waals surface area contributed by atoms with Crippen molar-refractivity contribution >= 4 is 34.7 Å². The molecule has 3 rings (SSSR count). The number of rotatable bonds is 6. The van der Waals surface area contributed by atoms with Crippen LogP contribution in [0.5, 0.6) is 0 Å². The molecule has 6 nitrogen and oxygen atoms in total. The summed E-state index contributed by atoms with van der Waals surface area (Å²) in [5.74, 6) is -0.386. The zero-order chi connectivity index (χ0) is 19.8. The summed E-state index contributed by atoms with van der Waals surface area (Å²) < 4.78 is 4.93. The van der Waals surface area contributed by atoms with Gasteiger partial charge in [-0.1, -0.05) is 18.2 Å². The maximum Gasteiger partial charge on any atom is 0.338 e. The number of esters is 1. The lowest BCUT2D eigenvalue weighted by Crippen LogP contribution is -2.19. The number of hydrogen-bond acceptors (Lipinski definition) is 4. The normalized spacial score (nSPS) is 10.0. The van der Waals surface area contributed by atoms with Crippen LogP contribution in [-0.2, 0) is 4.74 Å². The fraction of sp³-hybridized carbons (Fsp3) is 0.0909. The van der Waals surface area contributed by atoms with Crippen LogP contribution in [-0.4, -0.2) is 18.6 Å². The average Bonchev–Trinajstić information content (AvgIpc) is 2.71. The molecule has 28 heavy (non-hydrogen) atoms. The van der Waals surface area contributed by atoms with Crippen molar-refractivity contribution in [3.05, 3.63) is 84.4 Å². The Morgan fingerprint density at radius 1 is 0.714 bits per heavy atom. The number of ether oxygens (including phenoxy) is 1. The zero-order valence-corrected chi connectivity index (χ0v) is 15.4. The summed E-state index contributed by atoms with van der Waals surface area (Å²) in [5.41, 5.74) is 3.60. The van der Waals surface area contributed by atoms with Crippen LogP contribution in [0, 0.1) is 0 Å². The average molecular weight is 375 g/mol. The van der Waals surface area contributed by atoms with Crippen molar-refractivity contribution in [1.29, 1.82) is 0 Å². The highest BCUT2D eigenvalue weighted by molar-refractivity contribution is 6.00. The van der Waals surface area contributed by atoms with Crippen LogP contribution >= 0.6 is 0 Å². The Bertz CT molecular complexity index is 924. The van der Waals surface area contributed by atoms with E-state index in [1.54, 1.807) is 31.2 Å². The number of amides is 2. The van der Waals surface area contributed by atoms with Gasteiger partial charge < -0.3 is 20.7 Å². The van der Waals surface area contributed by atoms with Gasteiger partial charge in [-0.15, -0.1) is 0 Å². The minimum atomic E-state index is -0.386. The predicted molar refractivity (Wildman–Crippen MR) is 111 cm³/mol. The highest BCUT2D eigenvalue weighted by Crippen LogP contribution is 2.19. The lowest BCUT2D eigenvalue weighted by atomic mass is 10.2.